The monoisotopic (exact) mass is 313 g/mol. The average Bonchev–Trinajstić information content (AvgIpc) is 2.97. The molecule has 3 rings (SSSR count). The Morgan fingerprint density at radius 1 is 1.09 bits per heavy atom. The number of nitrogens with two attached hydrogens (primary N) is 1. The van der Waals surface area contributed by atoms with E-state index >= 15 is 0 Å². The summed E-state index contributed by atoms with van der Waals surface area (Å²) >= 11 is 0. The van der Waals surface area contributed by atoms with E-state index in [1.165, 1.54) is 37.7 Å². The third-order valence-corrected chi connectivity index (χ3v) is 5.32. The number of rotatable bonds is 4. The number of hydrogen-bond donors (Lipinski definition) is 1. The highest BCUT2D eigenvalue weighted by Gasteiger charge is 2.32. The van der Waals surface area contributed by atoms with Crippen LogP contribution in [0.15, 0.2) is 41.5 Å². The largest absolute Gasteiger partial charge is 0.332 e. The summed E-state index contributed by atoms with van der Waals surface area (Å²) in [4.78, 5) is 12.4. The van der Waals surface area contributed by atoms with Gasteiger partial charge in [0.25, 0.3) is 0 Å². The Labute approximate surface area is 137 Å². The molecule has 2 aromatic rings. The fourth-order valence-electron chi connectivity index (χ4n) is 3.79. The van der Waals surface area contributed by atoms with E-state index < -0.39 is 0 Å². The van der Waals surface area contributed by atoms with Gasteiger partial charge in [-0.1, -0.05) is 31.4 Å². The van der Waals surface area contributed by atoms with Crippen LogP contribution in [0.2, 0.25) is 0 Å². The highest BCUT2D eigenvalue weighted by molar-refractivity contribution is 5.38. The van der Waals surface area contributed by atoms with Gasteiger partial charge in [-0.15, -0.1) is 0 Å². The summed E-state index contributed by atoms with van der Waals surface area (Å²) in [6, 6.07) is 8.59. The van der Waals surface area contributed by atoms with Crippen LogP contribution >= 0.6 is 0 Å². The predicted octanol–water partition coefficient (Wildman–Crippen LogP) is 3.38. The van der Waals surface area contributed by atoms with Crippen LogP contribution in [0.1, 0.15) is 57.6 Å². The molecule has 4 nitrogen and oxygen atoms in total. The molecule has 0 atom stereocenters. The standard InChI is InChI=1S/C19H27N3O/c1-15(2)21-12-13-22(18(21)23)17-8-6-16(7-9-17)19(14-20)10-4-3-5-11-19/h6-9,12-13,15H,3-5,10-11,14,20H2,1-2H3. The summed E-state index contributed by atoms with van der Waals surface area (Å²) in [5.41, 5.74) is 8.50. The molecule has 0 unspecified atom stereocenters. The molecule has 0 bridgehead atoms. The van der Waals surface area contributed by atoms with Gasteiger partial charge in [0.2, 0.25) is 0 Å². The van der Waals surface area contributed by atoms with E-state index in [0.29, 0.717) is 6.54 Å². The van der Waals surface area contributed by atoms with Crippen molar-refractivity contribution in [2.45, 2.75) is 57.4 Å². The lowest BCUT2D eigenvalue weighted by Crippen LogP contribution is -2.37. The molecule has 1 aromatic carbocycles. The molecule has 0 spiro atoms. The van der Waals surface area contributed by atoms with Crippen molar-refractivity contribution in [1.82, 2.24) is 9.13 Å². The molecular formula is C19H27N3O. The maximum Gasteiger partial charge on any atom is 0.332 e. The van der Waals surface area contributed by atoms with Crippen LogP contribution in [0.4, 0.5) is 0 Å². The normalized spacial score (nSPS) is 17.6. The lowest BCUT2D eigenvalue weighted by atomic mass is 9.69. The van der Waals surface area contributed by atoms with E-state index in [2.05, 4.69) is 12.1 Å². The highest BCUT2D eigenvalue weighted by Crippen LogP contribution is 2.38. The van der Waals surface area contributed by atoms with Crippen LogP contribution in [-0.4, -0.2) is 15.7 Å². The van der Waals surface area contributed by atoms with Gasteiger partial charge in [0.15, 0.2) is 0 Å². The molecule has 2 N–H and O–H groups in total. The molecule has 23 heavy (non-hydrogen) atoms. The SMILES string of the molecule is CC(C)n1ccn(-c2ccc(C3(CN)CCCCC3)cc2)c1=O. The minimum atomic E-state index is 0.0129. The van der Waals surface area contributed by atoms with Gasteiger partial charge in [-0.25, -0.2) is 4.79 Å². The Morgan fingerprint density at radius 2 is 1.74 bits per heavy atom. The van der Waals surface area contributed by atoms with Crippen LogP contribution in [0.3, 0.4) is 0 Å². The van der Waals surface area contributed by atoms with Gasteiger partial charge >= 0.3 is 5.69 Å². The van der Waals surface area contributed by atoms with Crippen LogP contribution in [-0.2, 0) is 5.41 Å². The second-order valence-electron chi connectivity index (χ2n) is 7.04. The van der Waals surface area contributed by atoms with Crippen LogP contribution < -0.4 is 11.4 Å². The van der Waals surface area contributed by atoms with Gasteiger partial charge in [-0.2, -0.15) is 0 Å². The van der Waals surface area contributed by atoms with Crippen LogP contribution in [0.25, 0.3) is 5.69 Å². The average molecular weight is 313 g/mol. The first-order valence-electron chi connectivity index (χ1n) is 8.68. The highest BCUT2D eigenvalue weighted by atomic mass is 16.1. The van der Waals surface area contributed by atoms with E-state index in [-0.39, 0.29) is 17.1 Å². The molecule has 1 aromatic heterocycles. The molecule has 124 valence electrons. The Hall–Kier alpha value is -1.81. The van der Waals surface area contributed by atoms with Gasteiger partial charge in [-0.3, -0.25) is 9.13 Å². The number of benzene rings is 1. The second kappa shape index (κ2) is 6.36. The summed E-state index contributed by atoms with van der Waals surface area (Å²) in [7, 11) is 0. The van der Waals surface area contributed by atoms with Crippen molar-refractivity contribution in [1.29, 1.82) is 0 Å². The predicted molar refractivity (Wildman–Crippen MR) is 94.2 cm³/mol. The zero-order chi connectivity index (χ0) is 16.4. The second-order valence-corrected chi connectivity index (χ2v) is 7.04. The molecule has 1 aliphatic carbocycles. The van der Waals surface area contributed by atoms with Crippen molar-refractivity contribution in [3.05, 3.63) is 52.7 Å². The fraction of sp³-hybridized carbons (Fsp3) is 0.526. The first-order valence-corrected chi connectivity index (χ1v) is 8.68. The lowest BCUT2D eigenvalue weighted by Gasteiger charge is -2.37. The molecule has 4 heteroatoms. The Morgan fingerprint density at radius 3 is 2.26 bits per heavy atom. The zero-order valence-corrected chi connectivity index (χ0v) is 14.2. The topological polar surface area (TPSA) is 52.9 Å². The quantitative estimate of drug-likeness (QED) is 0.941. The number of nitrogens with zero attached hydrogens (tertiary/aromatic N) is 2. The minimum Gasteiger partial charge on any atom is -0.330 e. The van der Waals surface area contributed by atoms with Crippen molar-refractivity contribution < 1.29 is 0 Å². The lowest BCUT2D eigenvalue weighted by molar-refractivity contribution is 0.301. The third kappa shape index (κ3) is 2.88. The first-order chi connectivity index (χ1) is 11.1. The first kappa shape index (κ1) is 16.1. The molecule has 1 heterocycles. The van der Waals surface area contributed by atoms with Crippen molar-refractivity contribution in [3.8, 4) is 5.69 Å². The molecule has 0 radical (unpaired) electrons. The maximum atomic E-state index is 12.4. The molecule has 1 saturated carbocycles. The smallest absolute Gasteiger partial charge is 0.330 e. The van der Waals surface area contributed by atoms with Crippen LogP contribution in [0, 0.1) is 0 Å². The summed E-state index contributed by atoms with van der Waals surface area (Å²) in [5, 5.41) is 0. The fourth-order valence-corrected chi connectivity index (χ4v) is 3.79. The summed E-state index contributed by atoms with van der Waals surface area (Å²) in [6.07, 6.45) is 9.88. The van der Waals surface area contributed by atoms with Crippen molar-refractivity contribution in [3.63, 3.8) is 0 Å². The zero-order valence-electron chi connectivity index (χ0n) is 14.2. The molecule has 1 aliphatic rings. The van der Waals surface area contributed by atoms with E-state index in [9.17, 15) is 4.79 Å². The maximum absolute atomic E-state index is 12.4. The van der Waals surface area contributed by atoms with Crippen LogP contribution in [0.5, 0.6) is 0 Å². The summed E-state index contributed by atoms with van der Waals surface area (Å²) in [5.74, 6) is 0. The van der Waals surface area contributed by atoms with Gasteiger partial charge in [0.1, 0.15) is 0 Å². The summed E-state index contributed by atoms with van der Waals surface area (Å²) < 4.78 is 3.45. The Bertz CT molecular complexity index is 703. The van der Waals surface area contributed by atoms with Crippen molar-refractivity contribution in [2.75, 3.05) is 6.54 Å². The van der Waals surface area contributed by atoms with Crippen molar-refractivity contribution in [2.24, 2.45) is 5.73 Å². The molecule has 1 fully saturated rings. The van der Waals surface area contributed by atoms with Crippen molar-refractivity contribution >= 4 is 0 Å². The number of imidazole rings is 1. The number of hydrogen-bond acceptors (Lipinski definition) is 2. The molecule has 0 aliphatic heterocycles. The van der Waals surface area contributed by atoms with E-state index in [1.807, 2.05) is 38.4 Å². The third-order valence-electron chi connectivity index (χ3n) is 5.32. The molecule has 0 amide bonds. The van der Waals surface area contributed by atoms with Gasteiger partial charge in [-0.05, 0) is 44.4 Å². The summed E-state index contributed by atoms with van der Waals surface area (Å²) in [6.45, 7) is 4.74. The minimum absolute atomic E-state index is 0.0129. The van der Waals surface area contributed by atoms with E-state index in [1.54, 1.807) is 9.13 Å². The molecular weight excluding hydrogens is 286 g/mol. The van der Waals surface area contributed by atoms with E-state index in [0.717, 1.165) is 5.69 Å². The van der Waals surface area contributed by atoms with Gasteiger partial charge in [0.05, 0.1) is 5.69 Å². The van der Waals surface area contributed by atoms with E-state index in [4.69, 9.17) is 5.73 Å². The number of aromatic nitrogens is 2. The Kier molecular flexibility index (Phi) is 4.44. The van der Waals surface area contributed by atoms with Gasteiger partial charge < -0.3 is 5.73 Å². The Balaban J connectivity index is 1.92. The van der Waals surface area contributed by atoms with Gasteiger partial charge in [0, 0.05) is 30.4 Å². The molecule has 0 saturated heterocycles.